The number of aromatic nitrogens is 4. The highest BCUT2D eigenvalue weighted by Gasteiger charge is 2.16. The minimum absolute atomic E-state index is 0.596. The summed E-state index contributed by atoms with van der Waals surface area (Å²) < 4.78 is 6.33. The van der Waals surface area contributed by atoms with Gasteiger partial charge in [-0.05, 0) is 93.2 Å². The van der Waals surface area contributed by atoms with Gasteiger partial charge in [0.05, 0.1) is 0 Å². The molecular weight excluding hydrogens is 649 g/mol. The summed E-state index contributed by atoms with van der Waals surface area (Å²) >= 11 is 0. The van der Waals surface area contributed by atoms with Crippen LogP contribution >= 0.6 is 0 Å². The van der Waals surface area contributed by atoms with Crippen molar-refractivity contribution in [3.8, 4) is 67.5 Å². The van der Waals surface area contributed by atoms with Crippen molar-refractivity contribution in [1.82, 2.24) is 19.9 Å². The number of fused-ring (bicyclic) bond motifs is 4. The molecular formula is C48H30N4O. The van der Waals surface area contributed by atoms with E-state index in [4.69, 9.17) is 19.4 Å². The van der Waals surface area contributed by atoms with E-state index in [0.717, 1.165) is 77.4 Å². The summed E-state index contributed by atoms with van der Waals surface area (Å²) in [5.41, 5.74) is 10.8. The fourth-order valence-electron chi connectivity index (χ4n) is 7.09. The first-order chi connectivity index (χ1) is 26.2. The second-order valence-corrected chi connectivity index (χ2v) is 13.2. The molecule has 3 aromatic heterocycles. The van der Waals surface area contributed by atoms with E-state index in [1.807, 2.05) is 60.8 Å². The summed E-state index contributed by atoms with van der Waals surface area (Å²) in [4.78, 5) is 19.7. The smallest absolute Gasteiger partial charge is 0.164 e. The lowest BCUT2D eigenvalue weighted by atomic mass is 9.94. The molecule has 0 aliphatic heterocycles. The third kappa shape index (κ3) is 5.80. The Labute approximate surface area is 305 Å². The Morgan fingerprint density at radius 2 is 0.906 bits per heavy atom. The van der Waals surface area contributed by atoms with Crippen LogP contribution in [0.25, 0.3) is 100 Å². The molecule has 5 heteroatoms. The van der Waals surface area contributed by atoms with Gasteiger partial charge >= 0.3 is 0 Å². The van der Waals surface area contributed by atoms with Gasteiger partial charge in [-0.15, -0.1) is 0 Å². The second kappa shape index (κ2) is 12.8. The van der Waals surface area contributed by atoms with Gasteiger partial charge < -0.3 is 4.42 Å². The van der Waals surface area contributed by atoms with Crippen LogP contribution in [-0.4, -0.2) is 19.9 Å². The minimum Gasteiger partial charge on any atom is -0.456 e. The van der Waals surface area contributed by atoms with Gasteiger partial charge in [-0.25, -0.2) is 15.0 Å². The molecule has 248 valence electrons. The van der Waals surface area contributed by atoms with Crippen molar-refractivity contribution >= 4 is 32.7 Å². The molecule has 10 rings (SSSR count). The van der Waals surface area contributed by atoms with Crippen molar-refractivity contribution in [2.24, 2.45) is 0 Å². The van der Waals surface area contributed by atoms with E-state index in [9.17, 15) is 0 Å². The van der Waals surface area contributed by atoms with Crippen LogP contribution in [0.15, 0.2) is 187 Å². The first-order valence-electron chi connectivity index (χ1n) is 17.6. The molecule has 0 radical (unpaired) electrons. The van der Waals surface area contributed by atoms with E-state index in [2.05, 4.69) is 120 Å². The Hall–Kier alpha value is -7.24. The average Bonchev–Trinajstić information content (AvgIpc) is 3.62. The zero-order chi connectivity index (χ0) is 35.1. The lowest BCUT2D eigenvalue weighted by Gasteiger charge is -2.13. The third-order valence-electron chi connectivity index (χ3n) is 9.77. The maximum atomic E-state index is 6.33. The molecule has 10 aromatic rings. The molecule has 0 aliphatic carbocycles. The lowest BCUT2D eigenvalue weighted by molar-refractivity contribution is 0.669. The highest BCUT2D eigenvalue weighted by molar-refractivity contribution is 6.06. The van der Waals surface area contributed by atoms with Gasteiger partial charge in [0.1, 0.15) is 11.2 Å². The third-order valence-corrected chi connectivity index (χ3v) is 9.77. The Morgan fingerprint density at radius 3 is 1.72 bits per heavy atom. The number of nitrogens with zero attached hydrogens (tertiary/aromatic N) is 4. The predicted octanol–water partition coefficient (Wildman–Crippen LogP) is 12.3. The maximum absolute atomic E-state index is 6.33. The zero-order valence-electron chi connectivity index (χ0n) is 28.5. The zero-order valence-corrected chi connectivity index (χ0v) is 28.5. The van der Waals surface area contributed by atoms with Gasteiger partial charge in [0, 0.05) is 45.4 Å². The maximum Gasteiger partial charge on any atom is 0.164 e. The Bertz CT molecular complexity index is 2950. The molecule has 0 bridgehead atoms. The summed E-state index contributed by atoms with van der Waals surface area (Å²) in [5, 5.41) is 4.50. The van der Waals surface area contributed by atoms with Crippen molar-refractivity contribution in [1.29, 1.82) is 0 Å². The molecule has 0 N–H and O–H groups in total. The van der Waals surface area contributed by atoms with Crippen LogP contribution in [0, 0.1) is 0 Å². The van der Waals surface area contributed by atoms with Crippen LogP contribution < -0.4 is 0 Å². The summed E-state index contributed by atoms with van der Waals surface area (Å²) in [6.45, 7) is 0. The molecule has 0 atom stereocenters. The van der Waals surface area contributed by atoms with Crippen LogP contribution in [0.3, 0.4) is 0 Å². The standard InChI is InChI=1S/C48H30N4O/c1-2-11-32(12-3-1)46-50-47(37-20-19-31-10-4-5-13-33(31)25-37)52-48(51-46)41-27-39(35-15-8-14-34(24-35)38-16-9-23-49-30-38)26-40(28-41)36-21-22-43-42-17-6-7-18-44(42)53-45(43)29-36/h1-30H. The molecule has 0 aliphatic rings. The SMILES string of the molecule is c1ccc(-c2nc(-c3cc(-c4cccc(-c5cccnc5)c4)cc(-c4ccc5c(c4)oc4ccccc45)c3)nc(-c3ccc4ccccc4c3)n2)cc1. The van der Waals surface area contributed by atoms with Crippen molar-refractivity contribution in [3.63, 3.8) is 0 Å². The molecule has 0 spiro atoms. The number of hydrogen-bond donors (Lipinski definition) is 0. The molecule has 0 unspecified atom stereocenters. The number of para-hydroxylation sites is 1. The van der Waals surface area contributed by atoms with E-state index in [1.54, 1.807) is 6.20 Å². The molecule has 0 fully saturated rings. The molecule has 0 amide bonds. The first-order valence-corrected chi connectivity index (χ1v) is 17.6. The summed E-state index contributed by atoms with van der Waals surface area (Å²) in [6, 6.07) is 58.7. The number of furan rings is 1. The fraction of sp³-hybridized carbons (Fsp3) is 0. The van der Waals surface area contributed by atoms with Crippen LogP contribution in [0.1, 0.15) is 0 Å². The number of rotatable bonds is 6. The van der Waals surface area contributed by atoms with Crippen molar-refractivity contribution in [3.05, 3.63) is 182 Å². The van der Waals surface area contributed by atoms with Crippen LogP contribution in [0.2, 0.25) is 0 Å². The van der Waals surface area contributed by atoms with Gasteiger partial charge in [0.2, 0.25) is 0 Å². The first kappa shape index (κ1) is 30.6. The fourth-order valence-corrected chi connectivity index (χ4v) is 7.09. The topological polar surface area (TPSA) is 64.7 Å². The minimum atomic E-state index is 0.596. The van der Waals surface area contributed by atoms with Gasteiger partial charge in [-0.2, -0.15) is 0 Å². The van der Waals surface area contributed by atoms with E-state index < -0.39 is 0 Å². The van der Waals surface area contributed by atoms with E-state index in [1.165, 1.54) is 5.39 Å². The van der Waals surface area contributed by atoms with E-state index in [-0.39, 0.29) is 0 Å². The van der Waals surface area contributed by atoms with Crippen LogP contribution in [-0.2, 0) is 0 Å². The lowest BCUT2D eigenvalue weighted by Crippen LogP contribution is -2.00. The number of hydrogen-bond acceptors (Lipinski definition) is 5. The predicted molar refractivity (Wildman–Crippen MR) is 215 cm³/mol. The van der Waals surface area contributed by atoms with E-state index in [0.29, 0.717) is 17.5 Å². The molecule has 7 aromatic carbocycles. The van der Waals surface area contributed by atoms with Crippen LogP contribution in [0.4, 0.5) is 0 Å². The summed E-state index contributed by atoms with van der Waals surface area (Å²) in [5.74, 6) is 1.83. The van der Waals surface area contributed by atoms with Crippen molar-refractivity contribution in [2.75, 3.05) is 0 Å². The Morgan fingerprint density at radius 1 is 0.321 bits per heavy atom. The Kier molecular flexibility index (Phi) is 7.40. The molecule has 5 nitrogen and oxygen atoms in total. The molecule has 53 heavy (non-hydrogen) atoms. The summed E-state index contributed by atoms with van der Waals surface area (Å²) in [6.07, 6.45) is 3.69. The molecule has 0 saturated heterocycles. The molecule has 0 saturated carbocycles. The second-order valence-electron chi connectivity index (χ2n) is 13.2. The monoisotopic (exact) mass is 678 g/mol. The van der Waals surface area contributed by atoms with Gasteiger partial charge in [0.25, 0.3) is 0 Å². The normalized spacial score (nSPS) is 11.4. The largest absolute Gasteiger partial charge is 0.456 e. The van der Waals surface area contributed by atoms with Gasteiger partial charge in [-0.1, -0.05) is 115 Å². The average molecular weight is 679 g/mol. The quantitative estimate of drug-likeness (QED) is 0.175. The number of benzene rings is 7. The van der Waals surface area contributed by atoms with Crippen molar-refractivity contribution < 1.29 is 4.42 Å². The highest BCUT2D eigenvalue weighted by atomic mass is 16.3. The van der Waals surface area contributed by atoms with Gasteiger partial charge in [0.15, 0.2) is 17.5 Å². The van der Waals surface area contributed by atoms with Crippen molar-refractivity contribution in [2.45, 2.75) is 0 Å². The van der Waals surface area contributed by atoms with Crippen LogP contribution in [0.5, 0.6) is 0 Å². The Balaban J connectivity index is 1.19. The van der Waals surface area contributed by atoms with E-state index >= 15 is 0 Å². The number of pyridine rings is 1. The molecule has 3 heterocycles. The van der Waals surface area contributed by atoms with Gasteiger partial charge in [-0.3, -0.25) is 4.98 Å². The summed E-state index contributed by atoms with van der Waals surface area (Å²) in [7, 11) is 0. The highest BCUT2D eigenvalue weighted by Crippen LogP contribution is 2.37.